The van der Waals surface area contributed by atoms with E-state index in [4.69, 9.17) is 9.29 Å². The van der Waals surface area contributed by atoms with E-state index in [1.807, 2.05) is 0 Å². The molecule has 15 heteroatoms. The topological polar surface area (TPSA) is 127 Å². The van der Waals surface area contributed by atoms with Crippen molar-refractivity contribution in [3.8, 4) is 5.75 Å². The predicted molar refractivity (Wildman–Crippen MR) is 120 cm³/mol. The van der Waals surface area contributed by atoms with Gasteiger partial charge in [0.25, 0.3) is 5.91 Å². The average Bonchev–Trinajstić information content (AvgIpc) is 2.73. The number of esters is 1. The fourth-order valence-corrected chi connectivity index (χ4v) is 6.64. The zero-order valence-corrected chi connectivity index (χ0v) is 21.1. The minimum atomic E-state index is -6.56. The lowest BCUT2D eigenvalue weighted by atomic mass is 9.49. The van der Waals surface area contributed by atoms with Gasteiger partial charge in [0, 0.05) is 15.4 Å². The first kappa shape index (κ1) is 27.2. The molecule has 4 fully saturated rings. The Bertz CT molecular complexity index is 1220. The number of nitrogens with one attached hydrogen (secondary N) is 1. The van der Waals surface area contributed by atoms with Crippen LogP contribution in [0.15, 0.2) is 18.2 Å². The number of alkyl halides is 5. The highest BCUT2D eigenvalue weighted by Crippen LogP contribution is 2.59. The molecule has 4 aliphatic carbocycles. The first-order chi connectivity index (χ1) is 16.4. The molecule has 2 N–H and O–H groups in total. The number of halogens is 6. The molecule has 3 atom stereocenters. The van der Waals surface area contributed by atoms with Crippen molar-refractivity contribution in [2.45, 2.75) is 49.6 Å². The molecule has 1 aromatic carbocycles. The number of hydrogen-bond acceptors (Lipinski definition) is 6. The molecular weight excluding hydrogens is 632 g/mol. The second-order valence-electron chi connectivity index (χ2n) is 9.54. The van der Waals surface area contributed by atoms with Gasteiger partial charge < -0.3 is 10.1 Å². The molecule has 198 valence electrons. The molecule has 4 saturated carbocycles. The summed E-state index contributed by atoms with van der Waals surface area (Å²) in [5.41, 5.74) is -1.74. The number of benzene rings is 1. The van der Waals surface area contributed by atoms with Gasteiger partial charge in [-0.1, -0.05) is 0 Å². The van der Waals surface area contributed by atoms with Crippen LogP contribution in [-0.4, -0.2) is 48.1 Å². The van der Waals surface area contributed by atoms with Gasteiger partial charge in [-0.3, -0.25) is 18.9 Å². The van der Waals surface area contributed by atoms with Crippen molar-refractivity contribution in [1.82, 2.24) is 5.32 Å². The summed E-state index contributed by atoms with van der Waals surface area (Å²) < 4.78 is 104. The minimum absolute atomic E-state index is 0.0988. The van der Waals surface area contributed by atoms with Crippen molar-refractivity contribution in [3.05, 3.63) is 27.3 Å². The molecule has 1 amide bonds. The summed E-state index contributed by atoms with van der Waals surface area (Å²) in [7, 11) is -6.56. The first-order valence-corrected chi connectivity index (χ1v) is 13.2. The van der Waals surface area contributed by atoms with Gasteiger partial charge in [-0.05, 0) is 78.8 Å². The third-order valence-electron chi connectivity index (χ3n) is 7.10. The van der Waals surface area contributed by atoms with Gasteiger partial charge in [0.2, 0.25) is 6.04 Å². The van der Waals surface area contributed by atoms with Gasteiger partial charge in [-0.25, -0.2) is 0 Å². The number of carbonyl (C=O) groups excluding carboxylic acids is 3. The van der Waals surface area contributed by atoms with Crippen LogP contribution in [0.4, 0.5) is 22.0 Å². The largest absolute Gasteiger partial charge is 0.425 e. The maximum atomic E-state index is 13.9. The monoisotopic (exact) mass is 651 g/mol. The first-order valence-electron chi connectivity index (χ1n) is 10.7. The van der Waals surface area contributed by atoms with Crippen molar-refractivity contribution in [2.75, 3.05) is 0 Å². The Morgan fingerprint density at radius 3 is 2.22 bits per heavy atom. The van der Waals surface area contributed by atoms with Crippen molar-refractivity contribution >= 4 is 50.4 Å². The summed E-state index contributed by atoms with van der Waals surface area (Å²) in [4.78, 5) is 38.3. The van der Waals surface area contributed by atoms with E-state index < -0.39 is 56.2 Å². The van der Waals surface area contributed by atoms with Crippen molar-refractivity contribution in [1.29, 1.82) is 0 Å². The number of Topliss-reactive ketones (excluding diaryl/α,β-unsaturated/α-hetero) is 1. The number of amides is 1. The van der Waals surface area contributed by atoms with Gasteiger partial charge >= 0.3 is 27.5 Å². The number of hydrogen-bond donors (Lipinski definition) is 2. The van der Waals surface area contributed by atoms with Gasteiger partial charge in [0.05, 0.1) is 11.0 Å². The fourth-order valence-electron chi connectivity index (χ4n) is 5.69. The van der Waals surface area contributed by atoms with Crippen LogP contribution in [0.5, 0.6) is 5.75 Å². The molecule has 1 aromatic rings. The Morgan fingerprint density at radius 2 is 1.69 bits per heavy atom. The summed E-state index contributed by atoms with van der Waals surface area (Å²) in [6.07, 6.45) is -3.68. The Balaban J connectivity index is 1.62. The highest BCUT2D eigenvalue weighted by molar-refractivity contribution is 14.1. The number of ether oxygens (including phenoxy) is 1. The van der Waals surface area contributed by atoms with Crippen LogP contribution in [0.1, 0.15) is 42.5 Å². The molecule has 0 heterocycles. The van der Waals surface area contributed by atoms with Crippen molar-refractivity contribution < 1.29 is 54.0 Å². The second-order valence-corrected chi connectivity index (χ2v) is 12.3. The molecule has 0 radical (unpaired) electrons. The zero-order chi connectivity index (χ0) is 26.8. The SMILES string of the molecule is O=C(NC(C(F)(F)F)C(F)(F)S(=O)(=O)O)c1ccc(I)cc1OC(=O)C12CC3CC(C1)C(=O)C(C3)C2. The maximum Gasteiger partial charge on any atom is 0.415 e. The van der Waals surface area contributed by atoms with Gasteiger partial charge in [0.1, 0.15) is 11.5 Å². The molecule has 0 aliphatic heterocycles. The van der Waals surface area contributed by atoms with E-state index in [1.54, 1.807) is 22.6 Å². The van der Waals surface area contributed by atoms with E-state index in [2.05, 4.69) is 0 Å². The number of ketones is 1. The summed E-state index contributed by atoms with van der Waals surface area (Å²) in [6, 6.07) is -0.978. The lowest BCUT2D eigenvalue weighted by Crippen LogP contribution is -2.59. The zero-order valence-electron chi connectivity index (χ0n) is 18.1. The summed E-state index contributed by atoms with van der Waals surface area (Å²) in [6.45, 7) is 0. The lowest BCUT2D eigenvalue weighted by molar-refractivity contribution is -0.191. The van der Waals surface area contributed by atoms with Crippen molar-refractivity contribution in [2.24, 2.45) is 23.2 Å². The Kier molecular flexibility index (Phi) is 6.68. The third kappa shape index (κ3) is 4.73. The lowest BCUT2D eigenvalue weighted by Gasteiger charge is -2.53. The smallest absolute Gasteiger partial charge is 0.415 e. The molecule has 0 spiro atoms. The van der Waals surface area contributed by atoms with E-state index in [0.717, 1.165) is 17.4 Å². The summed E-state index contributed by atoms with van der Waals surface area (Å²) in [5.74, 6) is -3.44. The fraction of sp³-hybridized carbons (Fsp3) is 0.571. The van der Waals surface area contributed by atoms with Crippen LogP contribution < -0.4 is 10.1 Å². The molecule has 3 unspecified atom stereocenters. The average molecular weight is 651 g/mol. The molecule has 4 aliphatic rings. The molecule has 0 aromatic heterocycles. The van der Waals surface area contributed by atoms with Gasteiger partial charge in [-0.2, -0.15) is 30.4 Å². The molecule has 36 heavy (non-hydrogen) atoms. The van der Waals surface area contributed by atoms with E-state index in [1.165, 1.54) is 6.07 Å². The van der Waals surface area contributed by atoms with Crippen LogP contribution in [0.2, 0.25) is 0 Å². The van der Waals surface area contributed by atoms with Gasteiger partial charge in [-0.15, -0.1) is 0 Å². The van der Waals surface area contributed by atoms with Crippen LogP contribution in [0.25, 0.3) is 0 Å². The standard InChI is InChI=1S/C21H19F5INO7S/c22-20(23,24)17(21(25,26)36(32,33)34)28-16(30)13-2-1-12(27)5-14(13)35-18(31)19-6-9-3-10(7-19)15(29)11(4-9)8-19/h1-2,5,9-11,17H,3-4,6-8H2,(H,28,30)(H,32,33,34). The number of rotatable bonds is 6. The molecular formula is C21H19F5INO7S. The number of carbonyl (C=O) groups is 3. The predicted octanol–water partition coefficient (Wildman–Crippen LogP) is 3.73. The Labute approximate surface area is 215 Å². The van der Waals surface area contributed by atoms with Gasteiger partial charge in [0.15, 0.2) is 0 Å². The van der Waals surface area contributed by atoms with Crippen LogP contribution in [-0.2, 0) is 19.7 Å². The molecule has 0 saturated heterocycles. The van der Waals surface area contributed by atoms with Crippen LogP contribution >= 0.6 is 22.6 Å². The molecule has 8 nitrogen and oxygen atoms in total. The summed E-state index contributed by atoms with van der Waals surface area (Å²) in [5, 5.41) is -4.90. The summed E-state index contributed by atoms with van der Waals surface area (Å²) >= 11 is 1.77. The maximum absolute atomic E-state index is 13.9. The minimum Gasteiger partial charge on any atom is -0.425 e. The third-order valence-corrected chi connectivity index (χ3v) is 8.70. The Morgan fingerprint density at radius 1 is 1.11 bits per heavy atom. The quantitative estimate of drug-likeness (QED) is 0.158. The molecule has 4 bridgehead atoms. The Hall–Kier alpha value is -1.88. The highest BCUT2D eigenvalue weighted by atomic mass is 127. The highest BCUT2D eigenvalue weighted by Gasteiger charge is 2.64. The van der Waals surface area contributed by atoms with E-state index in [-0.39, 0.29) is 36.4 Å². The van der Waals surface area contributed by atoms with Crippen LogP contribution in [0, 0.1) is 26.7 Å². The normalized spacial score (nSPS) is 28.6. The second kappa shape index (κ2) is 8.85. The van der Waals surface area contributed by atoms with E-state index >= 15 is 0 Å². The molecule has 5 rings (SSSR count). The van der Waals surface area contributed by atoms with Crippen LogP contribution in [0.3, 0.4) is 0 Å². The van der Waals surface area contributed by atoms with E-state index in [9.17, 15) is 44.8 Å². The van der Waals surface area contributed by atoms with E-state index in [0.29, 0.717) is 22.8 Å². The van der Waals surface area contributed by atoms with Crippen molar-refractivity contribution in [3.63, 3.8) is 0 Å².